The number of amides is 1. The van der Waals surface area contributed by atoms with Crippen LogP contribution in [-0.4, -0.2) is 80.0 Å². The first-order valence-electron chi connectivity index (χ1n) is 13.3. The van der Waals surface area contributed by atoms with E-state index < -0.39 is 0 Å². The number of anilines is 2. The second-order valence-electron chi connectivity index (χ2n) is 9.59. The molecule has 3 aromatic rings. The van der Waals surface area contributed by atoms with Gasteiger partial charge < -0.3 is 29.6 Å². The zero-order chi connectivity index (χ0) is 27.2. The van der Waals surface area contributed by atoms with Gasteiger partial charge in [-0.05, 0) is 59.6 Å². The number of carbonyl (C=O) groups excluding carboxylic acids is 1. The summed E-state index contributed by atoms with van der Waals surface area (Å²) < 4.78 is 24.0. The number of rotatable bonds is 10. The van der Waals surface area contributed by atoms with E-state index in [9.17, 15) is 4.79 Å². The predicted molar refractivity (Wildman–Crippen MR) is 152 cm³/mol. The lowest BCUT2D eigenvalue weighted by Gasteiger charge is -2.23. The van der Waals surface area contributed by atoms with Gasteiger partial charge in [0.25, 0.3) is 0 Å². The Hall–Kier alpha value is -3.15. The standard InChI is InChI=1S/C28H34BrN5O5/c1-30-27(35)25-4-3-11-34(25)12-15-38-20-5-7-21-23(17-20)32-28(39-18-9-13-37-14-10-18)33-26(21)31-24-16-19(36-2)6-8-22(24)29/h5-8,16-18,25H,3-4,9-15H2,1-2H3,(H,30,35)(H,31,32,33)/t25-/m0/s1. The van der Waals surface area contributed by atoms with E-state index in [-0.39, 0.29) is 18.1 Å². The topological polar surface area (TPSA) is 107 Å². The first-order chi connectivity index (χ1) is 19.0. The molecule has 0 radical (unpaired) electrons. The molecule has 11 heteroatoms. The Morgan fingerprint density at radius 2 is 1.95 bits per heavy atom. The Labute approximate surface area is 236 Å². The van der Waals surface area contributed by atoms with Crippen LogP contribution in [0.5, 0.6) is 17.5 Å². The van der Waals surface area contributed by atoms with Gasteiger partial charge >= 0.3 is 6.01 Å². The summed E-state index contributed by atoms with van der Waals surface area (Å²) in [6, 6.07) is 11.7. The van der Waals surface area contributed by atoms with E-state index in [0.29, 0.717) is 49.5 Å². The number of methoxy groups -OCH3 is 1. The number of benzene rings is 2. The number of nitrogens with zero attached hydrogens (tertiary/aromatic N) is 3. The number of hydrogen-bond donors (Lipinski definition) is 2. The lowest BCUT2D eigenvalue weighted by Crippen LogP contribution is -2.43. The van der Waals surface area contributed by atoms with Crippen LogP contribution in [0.2, 0.25) is 0 Å². The number of nitrogens with one attached hydrogen (secondary N) is 2. The maximum Gasteiger partial charge on any atom is 0.319 e. The molecule has 0 unspecified atom stereocenters. The summed E-state index contributed by atoms with van der Waals surface area (Å²) in [4.78, 5) is 23.8. The second kappa shape index (κ2) is 12.8. The molecule has 2 fully saturated rings. The van der Waals surface area contributed by atoms with Gasteiger partial charge in [-0.15, -0.1) is 0 Å². The van der Waals surface area contributed by atoms with Gasteiger partial charge in [0.1, 0.15) is 30.0 Å². The molecule has 39 heavy (non-hydrogen) atoms. The van der Waals surface area contributed by atoms with E-state index in [2.05, 4.69) is 31.5 Å². The molecule has 0 spiro atoms. The van der Waals surface area contributed by atoms with Crippen molar-refractivity contribution in [2.75, 3.05) is 52.4 Å². The van der Waals surface area contributed by atoms with Crippen molar-refractivity contribution < 1.29 is 23.7 Å². The molecule has 1 aromatic heterocycles. The normalized spacial score (nSPS) is 18.2. The molecule has 2 N–H and O–H groups in total. The number of halogens is 1. The van der Waals surface area contributed by atoms with Gasteiger partial charge in [-0.25, -0.2) is 0 Å². The molecular weight excluding hydrogens is 566 g/mol. The van der Waals surface area contributed by atoms with E-state index in [1.165, 1.54) is 0 Å². The fourth-order valence-electron chi connectivity index (χ4n) is 4.96. The Morgan fingerprint density at radius 3 is 2.74 bits per heavy atom. The number of hydrogen-bond acceptors (Lipinski definition) is 9. The maximum absolute atomic E-state index is 12.2. The summed E-state index contributed by atoms with van der Waals surface area (Å²) in [5, 5.41) is 7.01. The Balaban J connectivity index is 1.38. The largest absolute Gasteiger partial charge is 0.497 e. The molecule has 2 aliphatic rings. The van der Waals surface area contributed by atoms with E-state index >= 15 is 0 Å². The van der Waals surface area contributed by atoms with Crippen LogP contribution < -0.4 is 24.8 Å². The van der Waals surface area contributed by atoms with Crippen LogP contribution in [0.1, 0.15) is 25.7 Å². The highest BCUT2D eigenvalue weighted by Gasteiger charge is 2.29. The third-order valence-corrected chi connectivity index (χ3v) is 7.77. The van der Waals surface area contributed by atoms with Crippen molar-refractivity contribution in [3.63, 3.8) is 0 Å². The average molecular weight is 601 g/mol. The van der Waals surface area contributed by atoms with Crippen molar-refractivity contribution in [3.8, 4) is 17.5 Å². The molecular formula is C28H34BrN5O5. The first kappa shape index (κ1) is 27.4. The lowest BCUT2D eigenvalue weighted by molar-refractivity contribution is -0.125. The zero-order valence-corrected chi connectivity index (χ0v) is 23.8. The first-order valence-corrected chi connectivity index (χ1v) is 14.1. The molecule has 10 nitrogen and oxygen atoms in total. The van der Waals surface area contributed by atoms with Crippen molar-refractivity contribution in [1.82, 2.24) is 20.2 Å². The van der Waals surface area contributed by atoms with Crippen molar-refractivity contribution in [2.45, 2.75) is 37.8 Å². The Morgan fingerprint density at radius 1 is 1.13 bits per heavy atom. The van der Waals surface area contributed by atoms with Gasteiger partial charge in [0.2, 0.25) is 5.91 Å². The molecule has 2 saturated heterocycles. The van der Waals surface area contributed by atoms with Crippen LogP contribution in [0.4, 0.5) is 11.5 Å². The molecule has 1 amide bonds. The van der Waals surface area contributed by atoms with Crippen LogP contribution in [0.3, 0.4) is 0 Å². The van der Waals surface area contributed by atoms with Gasteiger partial charge in [0, 0.05) is 48.4 Å². The van der Waals surface area contributed by atoms with Crippen LogP contribution >= 0.6 is 15.9 Å². The molecule has 0 saturated carbocycles. The highest BCUT2D eigenvalue weighted by Crippen LogP contribution is 2.34. The number of aromatic nitrogens is 2. The highest BCUT2D eigenvalue weighted by molar-refractivity contribution is 9.10. The van der Waals surface area contributed by atoms with Gasteiger partial charge in [-0.3, -0.25) is 9.69 Å². The Bertz CT molecular complexity index is 1300. The molecule has 2 aromatic carbocycles. The van der Waals surface area contributed by atoms with Crippen LogP contribution in [-0.2, 0) is 9.53 Å². The third-order valence-electron chi connectivity index (χ3n) is 7.07. The minimum atomic E-state index is -0.0857. The molecule has 2 aliphatic heterocycles. The summed E-state index contributed by atoms with van der Waals surface area (Å²) in [6.07, 6.45) is 3.48. The van der Waals surface area contributed by atoms with E-state index in [0.717, 1.165) is 53.5 Å². The zero-order valence-electron chi connectivity index (χ0n) is 22.2. The van der Waals surface area contributed by atoms with Gasteiger partial charge in [0.05, 0.1) is 37.6 Å². The number of likely N-dealkylation sites (tertiary alicyclic amines) is 1. The summed E-state index contributed by atoms with van der Waals surface area (Å²) in [6.45, 7) is 3.37. The van der Waals surface area contributed by atoms with Crippen LogP contribution in [0, 0.1) is 0 Å². The third kappa shape index (κ3) is 6.71. The number of likely N-dealkylation sites (N-methyl/N-ethyl adjacent to an activating group) is 1. The lowest BCUT2D eigenvalue weighted by atomic mass is 10.2. The van der Waals surface area contributed by atoms with Crippen molar-refractivity contribution in [1.29, 1.82) is 0 Å². The summed E-state index contributed by atoms with van der Waals surface area (Å²) in [5.74, 6) is 2.11. The quantitative estimate of drug-likeness (QED) is 0.353. The van der Waals surface area contributed by atoms with E-state index in [1.807, 2.05) is 36.4 Å². The number of ether oxygens (including phenoxy) is 4. The molecule has 3 heterocycles. The fraction of sp³-hybridized carbons (Fsp3) is 0.464. The average Bonchev–Trinajstić information content (AvgIpc) is 3.43. The smallest absolute Gasteiger partial charge is 0.319 e. The molecule has 208 valence electrons. The SMILES string of the molecule is CNC(=O)[C@@H]1CCCN1CCOc1ccc2c(Nc3cc(OC)ccc3Br)nc(OC3CCOCC3)nc2c1. The van der Waals surface area contributed by atoms with E-state index in [1.54, 1.807) is 14.2 Å². The molecule has 0 bridgehead atoms. The molecule has 1 atom stereocenters. The summed E-state index contributed by atoms with van der Waals surface area (Å²) in [7, 11) is 3.32. The van der Waals surface area contributed by atoms with Gasteiger partial charge in [0.15, 0.2) is 0 Å². The number of carbonyl (C=O) groups is 1. The monoisotopic (exact) mass is 599 g/mol. The molecule has 5 rings (SSSR count). The number of fused-ring (bicyclic) bond motifs is 1. The maximum atomic E-state index is 12.2. The highest BCUT2D eigenvalue weighted by atomic mass is 79.9. The minimum Gasteiger partial charge on any atom is -0.497 e. The van der Waals surface area contributed by atoms with Crippen LogP contribution in [0.25, 0.3) is 10.9 Å². The molecule has 0 aliphatic carbocycles. The van der Waals surface area contributed by atoms with Crippen molar-refractivity contribution in [2.24, 2.45) is 0 Å². The van der Waals surface area contributed by atoms with Gasteiger partial charge in [-0.1, -0.05) is 0 Å². The Kier molecular flexibility index (Phi) is 9.00. The van der Waals surface area contributed by atoms with Crippen molar-refractivity contribution in [3.05, 3.63) is 40.9 Å². The van der Waals surface area contributed by atoms with E-state index in [4.69, 9.17) is 28.9 Å². The predicted octanol–water partition coefficient (Wildman–Crippen LogP) is 4.29. The minimum absolute atomic E-state index is 0.000709. The second-order valence-corrected chi connectivity index (χ2v) is 10.4. The van der Waals surface area contributed by atoms with Crippen molar-refractivity contribution >= 4 is 44.2 Å². The fourth-order valence-corrected chi connectivity index (χ4v) is 5.31. The summed E-state index contributed by atoms with van der Waals surface area (Å²) in [5.41, 5.74) is 1.51. The van der Waals surface area contributed by atoms with Gasteiger partial charge in [-0.2, -0.15) is 9.97 Å². The summed E-state index contributed by atoms with van der Waals surface area (Å²) >= 11 is 3.61. The van der Waals surface area contributed by atoms with Crippen LogP contribution in [0.15, 0.2) is 40.9 Å².